The van der Waals surface area contributed by atoms with Gasteiger partial charge in [0.1, 0.15) is 12.4 Å². The van der Waals surface area contributed by atoms with Gasteiger partial charge in [0.2, 0.25) is 0 Å². The molecule has 22 heavy (non-hydrogen) atoms. The quantitative estimate of drug-likeness (QED) is 0.667. The van der Waals surface area contributed by atoms with E-state index >= 15 is 0 Å². The van der Waals surface area contributed by atoms with Crippen LogP contribution in [0.1, 0.15) is 11.4 Å². The molecule has 3 aromatic rings. The van der Waals surface area contributed by atoms with Crippen LogP contribution < -0.4 is 10.9 Å². The first kappa shape index (κ1) is 13.8. The van der Waals surface area contributed by atoms with E-state index < -0.39 is 6.09 Å². The van der Waals surface area contributed by atoms with Crippen LogP contribution in [-0.2, 0) is 17.9 Å². The Labute approximate surface area is 124 Å². The van der Waals surface area contributed by atoms with E-state index in [0.717, 1.165) is 5.56 Å². The van der Waals surface area contributed by atoms with E-state index in [1.54, 1.807) is 0 Å². The van der Waals surface area contributed by atoms with Crippen LogP contribution in [0.5, 0.6) is 0 Å². The van der Waals surface area contributed by atoms with E-state index in [4.69, 9.17) is 4.74 Å². The number of benzene rings is 1. The Morgan fingerprint density at radius 1 is 1.27 bits per heavy atom. The first-order valence-corrected chi connectivity index (χ1v) is 6.59. The van der Waals surface area contributed by atoms with Crippen molar-refractivity contribution in [1.82, 2.24) is 25.3 Å². The summed E-state index contributed by atoms with van der Waals surface area (Å²) in [7, 11) is 0. The lowest BCUT2D eigenvalue weighted by Gasteiger charge is -2.06. The zero-order chi connectivity index (χ0) is 15.4. The van der Waals surface area contributed by atoms with Crippen molar-refractivity contribution in [3.63, 3.8) is 0 Å². The molecule has 1 aromatic carbocycles. The number of rotatable bonds is 4. The van der Waals surface area contributed by atoms with Crippen LogP contribution in [0.4, 0.5) is 4.79 Å². The number of alkyl carbamates (subject to hydrolysis) is 1. The molecule has 3 N–H and O–H groups in total. The predicted molar refractivity (Wildman–Crippen MR) is 78.0 cm³/mol. The first-order chi connectivity index (χ1) is 10.7. The molecule has 0 fully saturated rings. The van der Waals surface area contributed by atoms with Crippen LogP contribution in [-0.4, -0.2) is 26.0 Å². The van der Waals surface area contributed by atoms with Crippen LogP contribution in [0.15, 0.2) is 41.5 Å². The number of ether oxygens (including phenoxy) is 1. The van der Waals surface area contributed by atoms with Crippen molar-refractivity contribution in [1.29, 1.82) is 0 Å². The van der Waals surface area contributed by atoms with Crippen LogP contribution >= 0.6 is 0 Å². The van der Waals surface area contributed by atoms with Crippen LogP contribution in [0.2, 0.25) is 0 Å². The maximum absolute atomic E-state index is 11.7. The van der Waals surface area contributed by atoms with Crippen LogP contribution in [0.3, 0.4) is 0 Å². The second-order valence-electron chi connectivity index (χ2n) is 4.53. The van der Waals surface area contributed by atoms with Gasteiger partial charge in [-0.3, -0.25) is 4.79 Å². The highest BCUT2D eigenvalue weighted by Crippen LogP contribution is 2.01. The maximum Gasteiger partial charge on any atom is 0.407 e. The summed E-state index contributed by atoms with van der Waals surface area (Å²) in [6.07, 6.45) is 0.798. The smallest absolute Gasteiger partial charge is 0.407 e. The number of hydrogen-bond acceptors (Lipinski definition) is 5. The summed E-state index contributed by atoms with van der Waals surface area (Å²) < 4.78 is 5.06. The largest absolute Gasteiger partial charge is 0.445 e. The molecule has 0 aliphatic rings. The van der Waals surface area contributed by atoms with Gasteiger partial charge in [-0.2, -0.15) is 0 Å². The molecular formula is C14H13N5O3. The van der Waals surface area contributed by atoms with Crippen molar-refractivity contribution >= 4 is 17.3 Å². The van der Waals surface area contributed by atoms with Crippen molar-refractivity contribution in [2.24, 2.45) is 0 Å². The van der Waals surface area contributed by atoms with Crippen molar-refractivity contribution < 1.29 is 9.53 Å². The number of carbonyl (C=O) groups excluding carboxylic acids is 1. The van der Waals surface area contributed by atoms with Gasteiger partial charge in [-0.1, -0.05) is 30.3 Å². The Bertz CT molecular complexity index is 840. The number of carbonyl (C=O) groups is 1. The van der Waals surface area contributed by atoms with Gasteiger partial charge in [0.15, 0.2) is 11.2 Å². The van der Waals surface area contributed by atoms with Gasteiger partial charge in [0, 0.05) is 0 Å². The second-order valence-corrected chi connectivity index (χ2v) is 4.53. The first-order valence-electron chi connectivity index (χ1n) is 6.59. The van der Waals surface area contributed by atoms with Crippen LogP contribution in [0, 0.1) is 0 Å². The topological polar surface area (TPSA) is 113 Å². The lowest BCUT2D eigenvalue weighted by atomic mass is 10.2. The van der Waals surface area contributed by atoms with E-state index in [9.17, 15) is 9.59 Å². The third kappa shape index (κ3) is 3.11. The van der Waals surface area contributed by atoms with E-state index in [-0.39, 0.29) is 18.7 Å². The third-order valence-corrected chi connectivity index (χ3v) is 2.96. The number of amides is 1. The number of H-pyrrole nitrogens is 2. The highest BCUT2D eigenvalue weighted by atomic mass is 16.5. The summed E-state index contributed by atoms with van der Waals surface area (Å²) >= 11 is 0. The predicted octanol–water partition coefficient (Wildman–Crippen LogP) is 1.07. The molecule has 0 aliphatic heterocycles. The standard InChI is InChI=1S/C14H13N5O3/c20-13-11-12(17-8-16-11)18-10(19-13)6-15-14(21)22-7-9-4-2-1-3-5-9/h1-5,8H,6-7H2,(H,15,21)(H2,16,17,18,19,20). The molecule has 0 saturated carbocycles. The fourth-order valence-electron chi connectivity index (χ4n) is 1.90. The summed E-state index contributed by atoms with van der Waals surface area (Å²) in [4.78, 5) is 36.6. The van der Waals surface area contributed by atoms with E-state index in [1.165, 1.54) is 6.33 Å². The molecule has 0 unspecified atom stereocenters. The SMILES string of the molecule is O=C(NCc1nc2nc[nH]c2c(=O)[nH]1)OCc1ccccc1. The number of aromatic amines is 2. The van der Waals surface area contributed by atoms with Gasteiger partial charge < -0.3 is 20.0 Å². The number of fused-ring (bicyclic) bond motifs is 1. The highest BCUT2D eigenvalue weighted by molar-refractivity contribution is 5.69. The fraction of sp³-hybridized carbons (Fsp3) is 0.143. The summed E-state index contributed by atoms with van der Waals surface area (Å²) in [6, 6.07) is 9.33. The van der Waals surface area contributed by atoms with E-state index in [1.807, 2.05) is 30.3 Å². The number of imidazole rings is 1. The van der Waals surface area contributed by atoms with Gasteiger partial charge in [0.25, 0.3) is 5.56 Å². The Morgan fingerprint density at radius 3 is 2.91 bits per heavy atom. The Kier molecular flexibility index (Phi) is 3.82. The van der Waals surface area contributed by atoms with Crippen molar-refractivity contribution in [2.75, 3.05) is 0 Å². The molecule has 0 atom stereocenters. The fourth-order valence-corrected chi connectivity index (χ4v) is 1.90. The van der Waals surface area contributed by atoms with Crippen molar-refractivity contribution in [3.05, 3.63) is 58.4 Å². The molecule has 2 aromatic heterocycles. The Hall–Kier alpha value is -3.16. The maximum atomic E-state index is 11.7. The molecular weight excluding hydrogens is 286 g/mol. The normalized spacial score (nSPS) is 10.5. The molecule has 8 nitrogen and oxygen atoms in total. The second kappa shape index (κ2) is 6.08. The minimum absolute atomic E-state index is 0.0473. The van der Waals surface area contributed by atoms with Crippen LogP contribution in [0.25, 0.3) is 11.2 Å². The summed E-state index contributed by atoms with van der Waals surface area (Å²) in [5, 5.41) is 2.52. The average Bonchev–Trinajstić information content (AvgIpc) is 3.01. The number of aromatic nitrogens is 4. The van der Waals surface area contributed by atoms with E-state index in [0.29, 0.717) is 17.0 Å². The van der Waals surface area contributed by atoms with Gasteiger partial charge in [0.05, 0.1) is 12.9 Å². The average molecular weight is 299 g/mol. The number of nitrogens with one attached hydrogen (secondary N) is 3. The molecule has 0 bridgehead atoms. The van der Waals surface area contributed by atoms with E-state index in [2.05, 4.69) is 25.3 Å². The highest BCUT2D eigenvalue weighted by Gasteiger charge is 2.08. The zero-order valence-electron chi connectivity index (χ0n) is 11.5. The molecule has 3 rings (SSSR count). The zero-order valence-corrected chi connectivity index (χ0v) is 11.5. The van der Waals surface area contributed by atoms with Gasteiger partial charge >= 0.3 is 6.09 Å². The lowest BCUT2D eigenvalue weighted by molar-refractivity contribution is 0.139. The molecule has 0 spiro atoms. The summed E-state index contributed by atoms with van der Waals surface area (Å²) in [6.45, 7) is 0.223. The summed E-state index contributed by atoms with van der Waals surface area (Å²) in [5.41, 5.74) is 1.16. The Balaban J connectivity index is 1.57. The minimum Gasteiger partial charge on any atom is -0.445 e. The molecule has 1 amide bonds. The molecule has 0 saturated heterocycles. The number of hydrogen-bond donors (Lipinski definition) is 3. The number of nitrogens with zero attached hydrogens (tertiary/aromatic N) is 2. The minimum atomic E-state index is -0.589. The molecule has 0 aliphatic carbocycles. The van der Waals surface area contributed by atoms with Crippen molar-refractivity contribution in [2.45, 2.75) is 13.2 Å². The molecule has 112 valence electrons. The van der Waals surface area contributed by atoms with Gasteiger partial charge in [-0.05, 0) is 5.56 Å². The summed E-state index contributed by atoms with van der Waals surface area (Å²) in [5.74, 6) is 0.307. The lowest BCUT2D eigenvalue weighted by Crippen LogP contribution is -2.26. The van der Waals surface area contributed by atoms with Gasteiger partial charge in [-0.15, -0.1) is 0 Å². The molecule has 8 heteroatoms. The third-order valence-electron chi connectivity index (χ3n) is 2.96. The molecule has 0 radical (unpaired) electrons. The van der Waals surface area contributed by atoms with Gasteiger partial charge in [-0.25, -0.2) is 14.8 Å². The molecule has 2 heterocycles. The monoisotopic (exact) mass is 299 g/mol. The van der Waals surface area contributed by atoms with Crippen molar-refractivity contribution in [3.8, 4) is 0 Å². The Morgan fingerprint density at radius 2 is 2.09 bits per heavy atom.